The van der Waals surface area contributed by atoms with E-state index in [2.05, 4.69) is 13.8 Å². The van der Waals surface area contributed by atoms with Crippen molar-refractivity contribution in [1.82, 2.24) is 0 Å². The summed E-state index contributed by atoms with van der Waals surface area (Å²) in [6, 6.07) is 5.28. The number of nitrogen functional groups attached to an aromatic ring is 1. The minimum atomic E-state index is -1.02. The van der Waals surface area contributed by atoms with Gasteiger partial charge in [0.2, 0.25) is 0 Å². The largest absolute Gasteiger partial charge is 0.495 e. The van der Waals surface area contributed by atoms with Gasteiger partial charge in [0.1, 0.15) is 5.75 Å². The van der Waals surface area contributed by atoms with Crippen molar-refractivity contribution in [3.05, 3.63) is 18.2 Å². The molecule has 0 spiro atoms. The average Bonchev–Trinajstić information content (AvgIpc) is 2.28. The number of rotatable bonds is 6. The normalized spacial score (nSPS) is 14.3. The van der Waals surface area contributed by atoms with E-state index in [0.717, 1.165) is 17.7 Å². The summed E-state index contributed by atoms with van der Waals surface area (Å²) in [5.74, 6) is 1.75. The predicted molar refractivity (Wildman–Crippen MR) is 72.8 cm³/mol. The molecule has 0 aliphatic carbocycles. The molecule has 0 saturated carbocycles. The molecule has 4 heteroatoms. The monoisotopic (exact) mass is 255 g/mol. The van der Waals surface area contributed by atoms with Crippen LogP contribution in [0.5, 0.6) is 5.75 Å². The summed E-state index contributed by atoms with van der Waals surface area (Å²) in [5, 5.41) is 0. The number of benzene rings is 1. The summed E-state index contributed by atoms with van der Waals surface area (Å²) in [4.78, 5) is 0.740. The van der Waals surface area contributed by atoms with E-state index in [1.54, 1.807) is 25.3 Å². The van der Waals surface area contributed by atoms with Crippen LogP contribution in [0.4, 0.5) is 5.69 Å². The van der Waals surface area contributed by atoms with Gasteiger partial charge in [0, 0.05) is 17.5 Å². The van der Waals surface area contributed by atoms with Crippen molar-refractivity contribution < 1.29 is 8.95 Å². The first-order valence-corrected chi connectivity index (χ1v) is 7.22. The molecule has 0 heterocycles. The maximum atomic E-state index is 12.2. The zero-order valence-electron chi connectivity index (χ0n) is 10.7. The third-order valence-corrected chi connectivity index (χ3v) is 4.35. The lowest BCUT2D eigenvalue weighted by atomic mass is 10.1. The van der Waals surface area contributed by atoms with Gasteiger partial charge in [0.15, 0.2) is 0 Å². The summed E-state index contributed by atoms with van der Waals surface area (Å²) >= 11 is 0. The highest BCUT2D eigenvalue weighted by Gasteiger charge is 2.13. The van der Waals surface area contributed by atoms with E-state index in [1.165, 1.54) is 0 Å². The molecule has 3 nitrogen and oxygen atoms in total. The molecule has 2 atom stereocenters. The number of anilines is 1. The minimum Gasteiger partial charge on any atom is -0.495 e. The molecule has 0 aliphatic heterocycles. The molecule has 0 fully saturated rings. The molecule has 0 radical (unpaired) electrons. The molecule has 0 bridgehead atoms. The van der Waals surface area contributed by atoms with Crippen molar-refractivity contribution in [2.75, 3.05) is 18.6 Å². The Kier molecular flexibility index (Phi) is 5.48. The Balaban J connectivity index is 2.81. The van der Waals surface area contributed by atoms with Crippen LogP contribution in [0.25, 0.3) is 0 Å². The van der Waals surface area contributed by atoms with Gasteiger partial charge in [-0.1, -0.05) is 26.7 Å². The molecule has 1 rings (SSSR count). The molecule has 2 N–H and O–H groups in total. The second-order valence-electron chi connectivity index (χ2n) is 4.32. The Morgan fingerprint density at radius 3 is 2.76 bits per heavy atom. The molecular formula is C13H21NO2S. The van der Waals surface area contributed by atoms with Gasteiger partial charge in [-0.3, -0.25) is 4.21 Å². The smallest absolute Gasteiger partial charge is 0.137 e. The number of methoxy groups -OCH3 is 1. The van der Waals surface area contributed by atoms with E-state index in [4.69, 9.17) is 10.5 Å². The fourth-order valence-electron chi connectivity index (χ4n) is 1.80. The lowest BCUT2D eigenvalue weighted by Crippen LogP contribution is -2.09. The van der Waals surface area contributed by atoms with Crippen molar-refractivity contribution >= 4 is 16.5 Å². The second kappa shape index (κ2) is 6.64. The van der Waals surface area contributed by atoms with Crippen LogP contribution in [0.3, 0.4) is 0 Å². The van der Waals surface area contributed by atoms with Gasteiger partial charge in [0.25, 0.3) is 0 Å². The topological polar surface area (TPSA) is 52.3 Å². The van der Waals surface area contributed by atoms with E-state index in [9.17, 15) is 4.21 Å². The standard InChI is InChI=1S/C13H21NO2S/c1-4-5-10(2)9-17(15)13-7-6-11(14)8-12(13)16-3/h6-8,10H,4-5,9,14H2,1-3H3. The molecule has 0 saturated heterocycles. The molecule has 1 aromatic rings. The average molecular weight is 255 g/mol. The quantitative estimate of drug-likeness (QED) is 0.795. The van der Waals surface area contributed by atoms with E-state index in [1.807, 2.05) is 0 Å². The first-order valence-electron chi connectivity index (χ1n) is 5.90. The van der Waals surface area contributed by atoms with Gasteiger partial charge >= 0.3 is 0 Å². The summed E-state index contributed by atoms with van der Waals surface area (Å²) in [7, 11) is 0.559. The Hall–Kier alpha value is -1.03. The van der Waals surface area contributed by atoms with Crippen LogP contribution in [-0.2, 0) is 10.8 Å². The number of hydrogen-bond donors (Lipinski definition) is 1. The summed E-state index contributed by atoms with van der Waals surface area (Å²) in [5.41, 5.74) is 6.30. The fourth-order valence-corrected chi connectivity index (χ4v) is 3.25. The molecule has 17 heavy (non-hydrogen) atoms. The molecule has 0 aromatic heterocycles. The van der Waals surface area contributed by atoms with Crippen molar-refractivity contribution in [2.24, 2.45) is 5.92 Å². The van der Waals surface area contributed by atoms with E-state index in [-0.39, 0.29) is 0 Å². The van der Waals surface area contributed by atoms with Crippen LogP contribution in [0.15, 0.2) is 23.1 Å². The van der Waals surface area contributed by atoms with Crippen LogP contribution in [0.1, 0.15) is 26.7 Å². The maximum absolute atomic E-state index is 12.2. The van der Waals surface area contributed by atoms with Gasteiger partial charge in [0.05, 0.1) is 22.8 Å². The van der Waals surface area contributed by atoms with Crippen LogP contribution in [0, 0.1) is 5.92 Å². The SMILES string of the molecule is CCCC(C)CS(=O)c1ccc(N)cc1OC. The molecular weight excluding hydrogens is 234 g/mol. The Morgan fingerprint density at radius 2 is 2.18 bits per heavy atom. The van der Waals surface area contributed by atoms with Crippen LogP contribution >= 0.6 is 0 Å². The minimum absolute atomic E-state index is 0.461. The lowest BCUT2D eigenvalue weighted by Gasteiger charge is -2.12. The second-order valence-corrected chi connectivity index (χ2v) is 5.78. The highest BCUT2D eigenvalue weighted by molar-refractivity contribution is 7.85. The first-order chi connectivity index (χ1) is 8.08. The van der Waals surface area contributed by atoms with E-state index >= 15 is 0 Å². The Labute approximate surface area is 106 Å². The highest BCUT2D eigenvalue weighted by atomic mass is 32.2. The zero-order valence-corrected chi connectivity index (χ0v) is 11.5. The molecule has 2 unspecified atom stereocenters. The van der Waals surface area contributed by atoms with Crippen molar-refractivity contribution in [1.29, 1.82) is 0 Å². The van der Waals surface area contributed by atoms with Crippen molar-refractivity contribution in [3.63, 3.8) is 0 Å². The Bertz CT molecular complexity index is 393. The highest BCUT2D eigenvalue weighted by Crippen LogP contribution is 2.26. The zero-order chi connectivity index (χ0) is 12.8. The van der Waals surface area contributed by atoms with Crippen LogP contribution < -0.4 is 10.5 Å². The van der Waals surface area contributed by atoms with Crippen LogP contribution in [-0.4, -0.2) is 17.1 Å². The van der Waals surface area contributed by atoms with Gasteiger partial charge in [-0.05, 0) is 18.1 Å². The molecule has 0 aliphatic rings. The van der Waals surface area contributed by atoms with E-state index in [0.29, 0.717) is 23.1 Å². The van der Waals surface area contributed by atoms with Gasteiger partial charge in [-0.2, -0.15) is 0 Å². The van der Waals surface area contributed by atoms with Crippen molar-refractivity contribution in [3.8, 4) is 5.75 Å². The Morgan fingerprint density at radius 1 is 1.47 bits per heavy atom. The fraction of sp³-hybridized carbons (Fsp3) is 0.538. The third-order valence-electron chi connectivity index (χ3n) is 2.65. The molecule has 0 amide bonds. The van der Waals surface area contributed by atoms with Crippen molar-refractivity contribution in [2.45, 2.75) is 31.6 Å². The lowest BCUT2D eigenvalue weighted by molar-refractivity contribution is 0.404. The van der Waals surface area contributed by atoms with Gasteiger partial charge in [-0.25, -0.2) is 0 Å². The summed E-state index contributed by atoms with van der Waals surface area (Å²) in [6.07, 6.45) is 2.22. The predicted octanol–water partition coefficient (Wildman–Crippen LogP) is 2.82. The molecule has 96 valence electrons. The van der Waals surface area contributed by atoms with Gasteiger partial charge < -0.3 is 10.5 Å². The number of ether oxygens (including phenoxy) is 1. The van der Waals surface area contributed by atoms with E-state index < -0.39 is 10.8 Å². The third kappa shape index (κ3) is 4.04. The van der Waals surface area contributed by atoms with Crippen LogP contribution in [0.2, 0.25) is 0 Å². The molecule has 1 aromatic carbocycles. The maximum Gasteiger partial charge on any atom is 0.137 e. The summed E-state index contributed by atoms with van der Waals surface area (Å²) in [6.45, 7) is 4.27. The summed E-state index contributed by atoms with van der Waals surface area (Å²) < 4.78 is 17.4. The number of hydrogen-bond acceptors (Lipinski definition) is 3. The first kappa shape index (κ1) is 14.0. The number of nitrogens with two attached hydrogens (primary N) is 1. The van der Waals surface area contributed by atoms with Gasteiger partial charge in [-0.15, -0.1) is 0 Å².